The second-order valence-electron chi connectivity index (χ2n) is 4.55. The number of fused-ring (bicyclic) bond motifs is 3. The monoisotopic (exact) mass is 259 g/mol. The van der Waals surface area contributed by atoms with Gasteiger partial charge in [-0.2, -0.15) is 4.68 Å². The van der Waals surface area contributed by atoms with Crippen LogP contribution in [0.2, 0.25) is 0 Å². The summed E-state index contributed by atoms with van der Waals surface area (Å²) in [5.41, 5.74) is 1.92. The number of aromatic nitrogens is 4. The molecule has 1 atom stereocenters. The summed E-state index contributed by atoms with van der Waals surface area (Å²) in [5, 5.41) is 20.8. The Morgan fingerprint density at radius 1 is 1.37 bits per heavy atom. The molecule has 3 rings (SSSR count). The van der Waals surface area contributed by atoms with Crippen molar-refractivity contribution in [1.29, 1.82) is 0 Å². The van der Waals surface area contributed by atoms with Crippen molar-refractivity contribution in [1.82, 2.24) is 25.1 Å². The molecule has 1 unspecified atom stereocenters. The van der Waals surface area contributed by atoms with Gasteiger partial charge in [-0.25, -0.2) is 0 Å². The third kappa shape index (κ3) is 1.97. The van der Waals surface area contributed by atoms with Crippen molar-refractivity contribution in [3.63, 3.8) is 0 Å². The maximum absolute atomic E-state index is 11.2. The summed E-state index contributed by atoms with van der Waals surface area (Å²) in [6.07, 6.45) is 0. The van der Waals surface area contributed by atoms with Gasteiger partial charge in [-0.3, -0.25) is 9.69 Å². The highest BCUT2D eigenvalue weighted by Crippen LogP contribution is 2.23. The van der Waals surface area contributed by atoms with Gasteiger partial charge in [0.15, 0.2) is 5.82 Å². The highest BCUT2D eigenvalue weighted by Gasteiger charge is 2.27. The van der Waals surface area contributed by atoms with Crippen LogP contribution in [0.5, 0.6) is 0 Å². The summed E-state index contributed by atoms with van der Waals surface area (Å²) in [6.45, 7) is 2.63. The van der Waals surface area contributed by atoms with Crippen LogP contribution < -0.4 is 0 Å². The molecule has 0 amide bonds. The van der Waals surface area contributed by atoms with E-state index in [1.807, 2.05) is 29.2 Å². The van der Waals surface area contributed by atoms with Crippen LogP contribution in [0.1, 0.15) is 18.3 Å². The van der Waals surface area contributed by atoms with Crippen molar-refractivity contribution >= 4 is 5.97 Å². The minimum atomic E-state index is -0.849. The normalized spacial score (nSPS) is 16.3. The van der Waals surface area contributed by atoms with Crippen LogP contribution in [0.15, 0.2) is 24.3 Å². The molecule has 98 valence electrons. The van der Waals surface area contributed by atoms with Crippen molar-refractivity contribution in [2.24, 2.45) is 0 Å². The van der Waals surface area contributed by atoms with Crippen molar-refractivity contribution in [2.75, 3.05) is 0 Å². The fourth-order valence-electron chi connectivity index (χ4n) is 2.23. The number of benzene rings is 1. The number of aliphatic carboxylic acids is 1. The maximum atomic E-state index is 11.2. The van der Waals surface area contributed by atoms with Crippen molar-refractivity contribution < 1.29 is 9.90 Å². The largest absolute Gasteiger partial charge is 0.480 e. The van der Waals surface area contributed by atoms with E-state index in [1.54, 1.807) is 11.6 Å². The number of carbonyl (C=O) groups is 1. The van der Waals surface area contributed by atoms with E-state index in [0.717, 1.165) is 11.3 Å². The number of hydrogen-bond donors (Lipinski definition) is 1. The Hall–Kier alpha value is -2.28. The summed E-state index contributed by atoms with van der Waals surface area (Å²) in [4.78, 5) is 13.0. The van der Waals surface area contributed by atoms with Crippen LogP contribution >= 0.6 is 0 Å². The van der Waals surface area contributed by atoms with E-state index in [2.05, 4.69) is 15.5 Å². The van der Waals surface area contributed by atoms with Gasteiger partial charge in [-0.05, 0) is 29.0 Å². The lowest BCUT2D eigenvalue weighted by Gasteiger charge is -2.23. The number of carboxylic acid groups (broad SMARTS) is 1. The molecule has 2 heterocycles. The number of carboxylic acids is 1. The quantitative estimate of drug-likeness (QED) is 0.843. The lowest BCUT2D eigenvalue weighted by atomic mass is 10.1. The number of rotatable bonds is 2. The Labute approximate surface area is 109 Å². The summed E-state index contributed by atoms with van der Waals surface area (Å²) >= 11 is 0. The lowest BCUT2D eigenvalue weighted by molar-refractivity contribution is -0.143. The minimum Gasteiger partial charge on any atom is -0.480 e. The molecule has 19 heavy (non-hydrogen) atoms. The number of para-hydroxylation sites is 1. The molecule has 1 N–H and O–H groups in total. The Morgan fingerprint density at radius 3 is 2.95 bits per heavy atom. The molecule has 1 aromatic heterocycles. The second kappa shape index (κ2) is 4.43. The summed E-state index contributed by atoms with van der Waals surface area (Å²) < 4.78 is 1.67. The minimum absolute atomic E-state index is 0.412. The molecule has 0 aliphatic carbocycles. The predicted octanol–water partition coefficient (Wildman–Crippen LogP) is 0.451. The first-order valence-corrected chi connectivity index (χ1v) is 5.99. The molecule has 1 aliphatic rings. The zero-order chi connectivity index (χ0) is 13.4. The molecule has 1 aromatic carbocycles. The second-order valence-corrected chi connectivity index (χ2v) is 4.55. The first-order chi connectivity index (χ1) is 9.16. The van der Waals surface area contributed by atoms with Gasteiger partial charge in [0.25, 0.3) is 0 Å². The van der Waals surface area contributed by atoms with Crippen molar-refractivity contribution in [3.05, 3.63) is 35.7 Å². The molecule has 0 bridgehead atoms. The third-order valence-corrected chi connectivity index (χ3v) is 3.38. The standard InChI is InChI=1S/C12H13N5O2/c1-8(12(18)19)16-6-9-4-2-3-5-10(9)17-11(7-16)13-14-15-17/h2-5,8H,6-7H2,1H3,(H,18,19). The van der Waals surface area contributed by atoms with Crippen LogP contribution in [0.4, 0.5) is 0 Å². The molecular formula is C12H13N5O2. The molecule has 0 fully saturated rings. The van der Waals surface area contributed by atoms with Gasteiger partial charge in [-0.15, -0.1) is 5.10 Å². The Morgan fingerprint density at radius 2 is 2.16 bits per heavy atom. The molecule has 7 heteroatoms. The summed E-state index contributed by atoms with van der Waals surface area (Å²) in [7, 11) is 0. The van der Waals surface area contributed by atoms with E-state index in [1.165, 1.54) is 0 Å². The fourth-order valence-corrected chi connectivity index (χ4v) is 2.23. The van der Waals surface area contributed by atoms with E-state index in [9.17, 15) is 9.90 Å². The first kappa shape index (κ1) is 11.8. The average Bonchev–Trinajstić information content (AvgIpc) is 2.80. The van der Waals surface area contributed by atoms with E-state index in [-0.39, 0.29) is 0 Å². The molecule has 7 nitrogen and oxygen atoms in total. The third-order valence-electron chi connectivity index (χ3n) is 3.38. The molecule has 0 saturated heterocycles. The van der Waals surface area contributed by atoms with Gasteiger partial charge in [-0.1, -0.05) is 18.2 Å². The van der Waals surface area contributed by atoms with E-state index < -0.39 is 12.0 Å². The van der Waals surface area contributed by atoms with Crippen LogP contribution in [0.3, 0.4) is 0 Å². The highest BCUT2D eigenvalue weighted by molar-refractivity contribution is 5.72. The molecule has 2 aromatic rings. The molecule has 0 radical (unpaired) electrons. The Kier molecular flexibility index (Phi) is 2.75. The van der Waals surface area contributed by atoms with Crippen LogP contribution in [0, 0.1) is 0 Å². The first-order valence-electron chi connectivity index (χ1n) is 5.99. The molecule has 1 aliphatic heterocycles. The zero-order valence-corrected chi connectivity index (χ0v) is 10.4. The molecule has 0 spiro atoms. The van der Waals surface area contributed by atoms with Gasteiger partial charge >= 0.3 is 5.97 Å². The Bertz CT molecular complexity index is 624. The van der Waals surface area contributed by atoms with Gasteiger partial charge in [0, 0.05) is 6.54 Å². The number of hydrogen-bond acceptors (Lipinski definition) is 5. The highest BCUT2D eigenvalue weighted by atomic mass is 16.4. The summed E-state index contributed by atoms with van der Waals surface area (Å²) in [5.74, 6) is -0.198. The lowest BCUT2D eigenvalue weighted by Crippen LogP contribution is -2.37. The Balaban J connectivity index is 2.08. The van der Waals surface area contributed by atoms with E-state index in [0.29, 0.717) is 18.9 Å². The van der Waals surface area contributed by atoms with Crippen molar-refractivity contribution in [2.45, 2.75) is 26.1 Å². The van der Waals surface area contributed by atoms with Crippen LogP contribution in [0.25, 0.3) is 5.69 Å². The van der Waals surface area contributed by atoms with Gasteiger partial charge < -0.3 is 5.11 Å². The van der Waals surface area contributed by atoms with Crippen LogP contribution in [-0.2, 0) is 17.9 Å². The topological polar surface area (TPSA) is 84.1 Å². The van der Waals surface area contributed by atoms with Crippen molar-refractivity contribution in [3.8, 4) is 5.69 Å². The van der Waals surface area contributed by atoms with E-state index in [4.69, 9.17) is 0 Å². The number of tetrazole rings is 1. The summed E-state index contributed by atoms with van der Waals surface area (Å²) in [6, 6.07) is 7.16. The van der Waals surface area contributed by atoms with Gasteiger partial charge in [0.05, 0.1) is 12.2 Å². The average molecular weight is 259 g/mol. The van der Waals surface area contributed by atoms with E-state index >= 15 is 0 Å². The molecular weight excluding hydrogens is 246 g/mol. The maximum Gasteiger partial charge on any atom is 0.320 e. The fraction of sp³-hybridized carbons (Fsp3) is 0.333. The SMILES string of the molecule is CC(C(=O)O)N1Cc2ccccc2-n2nnnc2C1. The number of nitrogens with zero attached hydrogens (tertiary/aromatic N) is 5. The smallest absolute Gasteiger partial charge is 0.320 e. The molecule has 0 saturated carbocycles. The van der Waals surface area contributed by atoms with Gasteiger partial charge in [0.1, 0.15) is 6.04 Å². The zero-order valence-electron chi connectivity index (χ0n) is 10.4. The van der Waals surface area contributed by atoms with Gasteiger partial charge in [0.2, 0.25) is 0 Å². The van der Waals surface area contributed by atoms with Crippen LogP contribution in [-0.4, -0.2) is 42.2 Å². The predicted molar refractivity (Wildman–Crippen MR) is 65.5 cm³/mol.